The van der Waals surface area contributed by atoms with Crippen LogP contribution in [0.4, 0.5) is 16.2 Å². The second-order valence-corrected chi connectivity index (χ2v) is 3.98. The second-order valence-electron chi connectivity index (χ2n) is 3.98. The summed E-state index contributed by atoms with van der Waals surface area (Å²) >= 11 is 0. The minimum Gasteiger partial charge on any atom is -0.341 e. The van der Waals surface area contributed by atoms with Crippen molar-refractivity contribution in [2.45, 2.75) is 0 Å². The fraction of sp³-hybridized carbons (Fsp3) is 0.0714. The maximum absolute atomic E-state index is 11.9. The quantitative estimate of drug-likeness (QED) is 0.798. The first-order valence-electron chi connectivity index (χ1n) is 5.99. The topological polar surface area (TPSA) is 83.1 Å². The predicted octanol–water partition coefficient (Wildman–Crippen LogP) is 2.09. The van der Waals surface area contributed by atoms with Crippen molar-refractivity contribution in [3.05, 3.63) is 54.4 Å². The summed E-state index contributed by atoms with van der Waals surface area (Å²) in [7, 11) is 1.54. The highest BCUT2D eigenvalue weighted by molar-refractivity contribution is 6.04. The minimum atomic E-state index is -0.294. The van der Waals surface area contributed by atoms with Crippen LogP contribution in [0.2, 0.25) is 0 Å². The van der Waals surface area contributed by atoms with Crippen LogP contribution < -0.4 is 16.0 Å². The third-order valence-electron chi connectivity index (χ3n) is 2.55. The van der Waals surface area contributed by atoms with Crippen molar-refractivity contribution in [3.63, 3.8) is 0 Å². The van der Waals surface area contributed by atoms with E-state index in [-0.39, 0.29) is 11.9 Å². The van der Waals surface area contributed by atoms with Crippen molar-refractivity contribution >= 4 is 23.3 Å². The first-order chi connectivity index (χ1) is 9.69. The molecule has 0 bridgehead atoms. The van der Waals surface area contributed by atoms with Crippen LogP contribution in [0, 0.1) is 0 Å². The molecule has 102 valence electrons. The monoisotopic (exact) mass is 270 g/mol. The van der Waals surface area contributed by atoms with E-state index in [1.54, 1.807) is 42.6 Å². The second kappa shape index (κ2) is 6.33. The third kappa shape index (κ3) is 3.55. The number of carbonyl (C=O) groups excluding carboxylic acids is 2. The number of hydrogen-bond acceptors (Lipinski definition) is 3. The van der Waals surface area contributed by atoms with E-state index >= 15 is 0 Å². The molecule has 1 heterocycles. The van der Waals surface area contributed by atoms with E-state index in [1.807, 2.05) is 0 Å². The maximum atomic E-state index is 11.9. The first-order valence-corrected chi connectivity index (χ1v) is 5.99. The summed E-state index contributed by atoms with van der Waals surface area (Å²) in [6.45, 7) is 0. The largest absolute Gasteiger partial charge is 0.341 e. The molecule has 1 aromatic carbocycles. The van der Waals surface area contributed by atoms with Crippen LogP contribution in [0.1, 0.15) is 10.4 Å². The zero-order valence-electron chi connectivity index (χ0n) is 10.9. The highest BCUT2D eigenvalue weighted by Crippen LogP contribution is 2.14. The molecule has 0 spiro atoms. The van der Waals surface area contributed by atoms with Gasteiger partial charge in [0.2, 0.25) is 0 Å². The Morgan fingerprint density at radius 3 is 2.20 bits per heavy atom. The lowest BCUT2D eigenvalue weighted by molar-refractivity contribution is 0.102. The van der Waals surface area contributed by atoms with Gasteiger partial charge in [-0.15, -0.1) is 0 Å². The molecule has 6 nitrogen and oxygen atoms in total. The van der Waals surface area contributed by atoms with Crippen molar-refractivity contribution in [1.82, 2.24) is 10.3 Å². The van der Waals surface area contributed by atoms with E-state index in [0.717, 1.165) is 0 Å². The van der Waals surface area contributed by atoms with Crippen LogP contribution in [0.5, 0.6) is 0 Å². The number of rotatable bonds is 3. The normalized spacial score (nSPS) is 9.65. The van der Waals surface area contributed by atoms with Gasteiger partial charge in [-0.1, -0.05) is 0 Å². The van der Waals surface area contributed by atoms with Gasteiger partial charge in [0.25, 0.3) is 5.91 Å². The molecule has 0 aliphatic carbocycles. The average molecular weight is 270 g/mol. The van der Waals surface area contributed by atoms with Crippen LogP contribution in [-0.4, -0.2) is 24.0 Å². The van der Waals surface area contributed by atoms with Crippen LogP contribution in [-0.2, 0) is 0 Å². The molecule has 20 heavy (non-hydrogen) atoms. The zero-order valence-corrected chi connectivity index (χ0v) is 10.9. The van der Waals surface area contributed by atoms with Crippen LogP contribution in [0.15, 0.2) is 48.8 Å². The summed E-state index contributed by atoms with van der Waals surface area (Å²) in [6.07, 6.45) is 3.10. The Morgan fingerprint density at radius 2 is 1.65 bits per heavy atom. The molecular formula is C14H14N4O2. The van der Waals surface area contributed by atoms with Gasteiger partial charge in [-0.3, -0.25) is 9.78 Å². The van der Waals surface area contributed by atoms with Gasteiger partial charge in [0.05, 0.1) is 5.56 Å². The van der Waals surface area contributed by atoms with Crippen LogP contribution in [0.3, 0.4) is 0 Å². The van der Waals surface area contributed by atoms with Crippen molar-refractivity contribution in [2.75, 3.05) is 17.7 Å². The fourth-order valence-corrected chi connectivity index (χ4v) is 1.53. The lowest BCUT2D eigenvalue weighted by atomic mass is 10.2. The average Bonchev–Trinajstić information content (AvgIpc) is 2.50. The fourth-order valence-electron chi connectivity index (χ4n) is 1.53. The van der Waals surface area contributed by atoms with E-state index in [1.165, 1.54) is 13.2 Å². The van der Waals surface area contributed by atoms with E-state index in [4.69, 9.17) is 0 Å². The number of nitrogens with one attached hydrogen (secondary N) is 3. The van der Waals surface area contributed by atoms with Crippen LogP contribution in [0.25, 0.3) is 0 Å². The van der Waals surface area contributed by atoms with E-state index in [9.17, 15) is 9.59 Å². The Labute approximate surface area is 116 Å². The number of carbonyl (C=O) groups is 2. The molecular weight excluding hydrogens is 256 g/mol. The highest BCUT2D eigenvalue weighted by Gasteiger charge is 2.05. The zero-order chi connectivity index (χ0) is 14.4. The van der Waals surface area contributed by atoms with Gasteiger partial charge in [-0.25, -0.2) is 4.79 Å². The molecule has 0 radical (unpaired) electrons. The summed E-state index contributed by atoms with van der Waals surface area (Å²) in [5.41, 5.74) is 1.77. The Hall–Kier alpha value is -2.89. The number of aromatic nitrogens is 1. The van der Waals surface area contributed by atoms with Gasteiger partial charge in [0.1, 0.15) is 0 Å². The number of nitrogens with zero attached hydrogens (tertiary/aromatic N) is 1. The highest BCUT2D eigenvalue weighted by atomic mass is 16.2. The molecule has 0 fully saturated rings. The molecule has 0 aliphatic rings. The predicted molar refractivity (Wildman–Crippen MR) is 76.7 cm³/mol. The lowest BCUT2D eigenvalue weighted by Crippen LogP contribution is -2.24. The first kappa shape index (κ1) is 13.5. The lowest BCUT2D eigenvalue weighted by Gasteiger charge is -2.07. The molecule has 3 amide bonds. The number of benzene rings is 1. The molecule has 6 heteroatoms. The summed E-state index contributed by atoms with van der Waals surface area (Å²) in [5, 5.41) is 7.83. The van der Waals surface area contributed by atoms with Crippen molar-refractivity contribution in [1.29, 1.82) is 0 Å². The van der Waals surface area contributed by atoms with Gasteiger partial charge in [-0.05, 0) is 36.4 Å². The summed E-state index contributed by atoms with van der Waals surface area (Å²) in [5.74, 6) is -0.231. The Kier molecular flexibility index (Phi) is 4.28. The van der Waals surface area contributed by atoms with E-state index in [2.05, 4.69) is 20.9 Å². The number of urea groups is 1. The molecule has 0 aliphatic heterocycles. The number of pyridine rings is 1. The van der Waals surface area contributed by atoms with Gasteiger partial charge in [0, 0.05) is 30.8 Å². The Balaban J connectivity index is 2.00. The van der Waals surface area contributed by atoms with Crippen molar-refractivity contribution in [3.8, 4) is 0 Å². The Morgan fingerprint density at radius 1 is 1.00 bits per heavy atom. The molecule has 0 saturated heterocycles. The van der Waals surface area contributed by atoms with E-state index in [0.29, 0.717) is 16.9 Å². The molecule has 0 unspecified atom stereocenters. The standard InChI is InChI=1S/C14H14N4O2/c1-15-14(20)18-12-6-4-11(5-7-12)17-13(19)10-3-2-8-16-9-10/h2-9H,1H3,(H,17,19)(H2,15,18,20). The maximum Gasteiger partial charge on any atom is 0.318 e. The Bertz CT molecular complexity index is 596. The van der Waals surface area contributed by atoms with Gasteiger partial charge in [-0.2, -0.15) is 0 Å². The molecule has 0 saturated carbocycles. The van der Waals surface area contributed by atoms with Crippen molar-refractivity contribution < 1.29 is 9.59 Å². The summed E-state index contributed by atoms with van der Waals surface area (Å²) in [4.78, 5) is 26.9. The van der Waals surface area contributed by atoms with Gasteiger partial charge < -0.3 is 16.0 Å². The van der Waals surface area contributed by atoms with Crippen molar-refractivity contribution in [2.24, 2.45) is 0 Å². The molecule has 1 aromatic heterocycles. The molecule has 0 atom stereocenters. The smallest absolute Gasteiger partial charge is 0.318 e. The minimum absolute atomic E-state index is 0.231. The number of amides is 3. The molecule has 2 aromatic rings. The molecule has 2 rings (SSSR count). The summed E-state index contributed by atoms with van der Waals surface area (Å²) in [6, 6.07) is 9.91. The number of anilines is 2. The SMILES string of the molecule is CNC(=O)Nc1ccc(NC(=O)c2cccnc2)cc1. The van der Waals surface area contributed by atoms with Crippen LogP contribution >= 0.6 is 0 Å². The van der Waals surface area contributed by atoms with E-state index < -0.39 is 0 Å². The van der Waals surface area contributed by atoms with Gasteiger partial charge in [0.15, 0.2) is 0 Å². The number of hydrogen-bond donors (Lipinski definition) is 3. The third-order valence-corrected chi connectivity index (χ3v) is 2.55. The molecule has 3 N–H and O–H groups in total. The summed E-state index contributed by atoms with van der Waals surface area (Å²) < 4.78 is 0. The van der Waals surface area contributed by atoms with Gasteiger partial charge >= 0.3 is 6.03 Å².